The molecule has 0 radical (unpaired) electrons. The normalized spacial score (nSPS) is 21.1. The van der Waals surface area contributed by atoms with Gasteiger partial charge in [0, 0.05) is 16.1 Å². The quantitative estimate of drug-likeness (QED) is 0.901. The second kappa shape index (κ2) is 5.09. The van der Waals surface area contributed by atoms with Crippen LogP contribution in [-0.2, 0) is 0 Å². The van der Waals surface area contributed by atoms with E-state index in [1.165, 1.54) is 29.7 Å². The van der Waals surface area contributed by atoms with Crippen molar-refractivity contribution in [2.45, 2.75) is 39.2 Å². The molecule has 1 aromatic heterocycles. The zero-order chi connectivity index (χ0) is 14.3. The number of thiophene rings is 1. The van der Waals surface area contributed by atoms with Crippen molar-refractivity contribution in [2.75, 3.05) is 5.73 Å². The third-order valence-corrected chi connectivity index (χ3v) is 5.17. The summed E-state index contributed by atoms with van der Waals surface area (Å²) < 4.78 is 1.08. The van der Waals surface area contributed by atoms with E-state index < -0.39 is 0 Å². The summed E-state index contributed by atoms with van der Waals surface area (Å²) in [5.74, 6) is 0.659. The number of carbonyl (C=O) groups is 1. The molecule has 1 aromatic carbocycles. The summed E-state index contributed by atoms with van der Waals surface area (Å²) in [6.07, 6.45) is 3.50. The molecule has 1 heterocycles. The van der Waals surface area contributed by atoms with Crippen LogP contribution in [0.3, 0.4) is 0 Å². The van der Waals surface area contributed by atoms with E-state index in [0.717, 1.165) is 16.5 Å². The molecule has 20 heavy (non-hydrogen) atoms. The highest BCUT2D eigenvalue weighted by Crippen LogP contribution is 2.37. The molecule has 3 N–H and O–H groups in total. The van der Waals surface area contributed by atoms with Crippen molar-refractivity contribution in [1.82, 2.24) is 5.32 Å². The topological polar surface area (TPSA) is 55.1 Å². The number of nitrogen functional groups attached to an aromatic ring is 1. The molecule has 1 amide bonds. The van der Waals surface area contributed by atoms with Gasteiger partial charge >= 0.3 is 0 Å². The first kappa shape index (κ1) is 13.4. The molecule has 106 valence electrons. The van der Waals surface area contributed by atoms with Crippen LogP contribution in [0.15, 0.2) is 18.2 Å². The predicted octanol–water partition coefficient (Wildman–Crippen LogP) is 3.71. The van der Waals surface area contributed by atoms with Gasteiger partial charge in [-0.25, -0.2) is 0 Å². The van der Waals surface area contributed by atoms with E-state index in [0.29, 0.717) is 22.5 Å². The maximum absolute atomic E-state index is 12.3. The molecule has 1 fully saturated rings. The maximum atomic E-state index is 12.3. The second-order valence-electron chi connectivity index (χ2n) is 5.71. The summed E-state index contributed by atoms with van der Waals surface area (Å²) in [5.41, 5.74) is 7.94. The van der Waals surface area contributed by atoms with E-state index in [4.69, 9.17) is 5.73 Å². The lowest BCUT2D eigenvalue weighted by molar-refractivity contribution is 0.0954. The van der Waals surface area contributed by atoms with Crippen LogP contribution >= 0.6 is 11.3 Å². The van der Waals surface area contributed by atoms with Crippen molar-refractivity contribution >= 4 is 33.0 Å². The molecule has 3 rings (SSSR count). The minimum atomic E-state index is -0.00930. The van der Waals surface area contributed by atoms with Gasteiger partial charge in [0.15, 0.2) is 0 Å². The zero-order valence-corrected chi connectivity index (χ0v) is 12.7. The van der Waals surface area contributed by atoms with Crippen molar-refractivity contribution in [3.05, 3.63) is 28.6 Å². The summed E-state index contributed by atoms with van der Waals surface area (Å²) in [7, 11) is 0. The molecule has 2 atom stereocenters. The van der Waals surface area contributed by atoms with Crippen LogP contribution < -0.4 is 11.1 Å². The predicted molar refractivity (Wildman–Crippen MR) is 85.2 cm³/mol. The standard InChI is InChI=1S/C16H20N2OS/c1-3-4-10-8-12(10)18-16(19)15-14(17)11-7-9(2)5-6-13(11)20-15/h5-7,10,12H,3-4,8,17H2,1-2H3,(H,18,19). The minimum absolute atomic E-state index is 0.00930. The van der Waals surface area contributed by atoms with Crippen LogP contribution in [0.5, 0.6) is 0 Å². The Balaban J connectivity index is 1.80. The third-order valence-electron chi connectivity index (χ3n) is 3.99. The summed E-state index contributed by atoms with van der Waals surface area (Å²) in [5, 5.41) is 4.11. The number of carbonyl (C=O) groups excluding carboxylic acids is 1. The number of hydrogen-bond acceptors (Lipinski definition) is 3. The van der Waals surface area contributed by atoms with Gasteiger partial charge in [0.25, 0.3) is 5.91 Å². The molecule has 3 nitrogen and oxygen atoms in total. The van der Waals surface area contributed by atoms with E-state index in [-0.39, 0.29) is 5.91 Å². The van der Waals surface area contributed by atoms with Gasteiger partial charge in [-0.2, -0.15) is 0 Å². The number of benzene rings is 1. The maximum Gasteiger partial charge on any atom is 0.263 e. The molecule has 4 heteroatoms. The lowest BCUT2D eigenvalue weighted by Crippen LogP contribution is -2.26. The molecule has 0 aliphatic heterocycles. The van der Waals surface area contributed by atoms with Crippen LogP contribution in [0.4, 0.5) is 5.69 Å². The molecule has 0 saturated heterocycles. The van der Waals surface area contributed by atoms with Crippen LogP contribution in [0.1, 0.15) is 41.4 Å². The Morgan fingerprint density at radius 2 is 2.30 bits per heavy atom. The fourth-order valence-corrected chi connectivity index (χ4v) is 3.75. The number of aryl methyl sites for hydroxylation is 1. The van der Waals surface area contributed by atoms with Crippen molar-refractivity contribution < 1.29 is 4.79 Å². The fraction of sp³-hybridized carbons (Fsp3) is 0.438. The molecule has 0 spiro atoms. The molecule has 2 aromatic rings. The molecule has 1 aliphatic carbocycles. The highest BCUT2D eigenvalue weighted by atomic mass is 32.1. The number of hydrogen-bond donors (Lipinski definition) is 2. The fourth-order valence-electron chi connectivity index (χ4n) is 2.75. The Kier molecular flexibility index (Phi) is 3.42. The first-order valence-electron chi connectivity index (χ1n) is 7.19. The van der Waals surface area contributed by atoms with Gasteiger partial charge in [0.2, 0.25) is 0 Å². The van der Waals surface area contributed by atoms with Crippen LogP contribution in [0.25, 0.3) is 10.1 Å². The second-order valence-corrected chi connectivity index (χ2v) is 6.76. The van der Waals surface area contributed by atoms with Gasteiger partial charge in [-0.05, 0) is 37.8 Å². The summed E-state index contributed by atoms with van der Waals surface area (Å²) >= 11 is 1.49. The van der Waals surface area contributed by atoms with E-state index in [2.05, 4.69) is 24.4 Å². The minimum Gasteiger partial charge on any atom is -0.397 e. The van der Waals surface area contributed by atoms with Gasteiger partial charge in [-0.15, -0.1) is 11.3 Å². The first-order valence-corrected chi connectivity index (χ1v) is 8.01. The molecule has 2 unspecified atom stereocenters. The largest absolute Gasteiger partial charge is 0.397 e. The number of nitrogens with two attached hydrogens (primary N) is 1. The van der Waals surface area contributed by atoms with E-state index in [1.807, 2.05) is 13.0 Å². The smallest absolute Gasteiger partial charge is 0.263 e. The number of rotatable bonds is 4. The number of fused-ring (bicyclic) bond motifs is 1. The van der Waals surface area contributed by atoms with Crippen molar-refractivity contribution in [3.63, 3.8) is 0 Å². The summed E-state index contributed by atoms with van der Waals surface area (Å²) in [6.45, 7) is 4.22. The Labute approximate surface area is 123 Å². The zero-order valence-electron chi connectivity index (χ0n) is 11.9. The van der Waals surface area contributed by atoms with Gasteiger partial charge in [-0.1, -0.05) is 25.0 Å². The van der Waals surface area contributed by atoms with Crippen LogP contribution in [0.2, 0.25) is 0 Å². The number of nitrogens with one attached hydrogen (secondary N) is 1. The van der Waals surface area contributed by atoms with Gasteiger partial charge in [0.1, 0.15) is 4.88 Å². The van der Waals surface area contributed by atoms with E-state index in [1.54, 1.807) is 0 Å². The van der Waals surface area contributed by atoms with Gasteiger partial charge in [-0.3, -0.25) is 4.79 Å². The van der Waals surface area contributed by atoms with Crippen molar-refractivity contribution in [2.24, 2.45) is 5.92 Å². The van der Waals surface area contributed by atoms with Crippen LogP contribution in [-0.4, -0.2) is 11.9 Å². The highest BCUT2D eigenvalue weighted by Gasteiger charge is 2.37. The lowest BCUT2D eigenvalue weighted by atomic mass is 10.1. The van der Waals surface area contributed by atoms with Crippen LogP contribution in [0, 0.1) is 12.8 Å². The Morgan fingerprint density at radius 1 is 1.50 bits per heavy atom. The number of anilines is 1. The molecule has 1 aliphatic rings. The molecule has 1 saturated carbocycles. The number of amides is 1. The van der Waals surface area contributed by atoms with E-state index >= 15 is 0 Å². The molecule has 0 bridgehead atoms. The van der Waals surface area contributed by atoms with Crippen molar-refractivity contribution in [3.8, 4) is 0 Å². The Morgan fingerprint density at radius 3 is 3.05 bits per heavy atom. The van der Waals surface area contributed by atoms with Gasteiger partial charge in [0.05, 0.1) is 5.69 Å². The average molecular weight is 288 g/mol. The highest BCUT2D eigenvalue weighted by molar-refractivity contribution is 7.21. The molecular formula is C16H20N2OS. The Hall–Kier alpha value is -1.55. The Bertz CT molecular complexity index is 662. The first-order chi connectivity index (χ1) is 9.60. The van der Waals surface area contributed by atoms with Crippen molar-refractivity contribution in [1.29, 1.82) is 0 Å². The lowest BCUT2D eigenvalue weighted by Gasteiger charge is -2.03. The monoisotopic (exact) mass is 288 g/mol. The third kappa shape index (κ3) is 2.40. The van der Waals surface area contributed by atoms with Gasteiger partial charge < -0.3 is 11.1 Å². The van der Waals surface area contributed by atoms with E-state index in [9.17, 15) is 4.79 Å². The SMILES string of the molecule is CCCC1CC1NC(=O)c1sc2ccc(C)cc2c1N. The average Bonchev–Trinajstić information content (AvgIpc) is 3.05. The summed E-state index contributed by atoms with van der Waals surface area (Å²) in [6, 6.07) is 6.50. The summed E-state index contributed by atoms with van der Waals surface area (Å²) in [4.78, 5) is 13.0. The molecular weight excluding hydrogens is 268 g/mol.